The normalized spacial score (nSPS) is 15.5. The number of tetrazole rings is 1. The summed E-state index contributed by atoms with van der Waals surface area (Å²) in [6.07, 6.45) is 9.98. The molecule has 1 fully saturated rings. The van der Waals surface area contributed by atoms with E-state index in [-0.39, 0.29) is 11.6 Å². The van der Waals surface area contributed by atoms with Gasteiger partial charge >= 0.3 is 0 Å². The van der Waals surface area contributed by atoms with Gasteiger partial charge in [-0.15, -0.1) is 5.10 Å². The van der Waals surface area contributed by atoms with E-state index >= 15 is 0 Å². The summed E-state index contributed by atoms with van der Waals surface area (Å²) < 4.78 is 1.87. The Bertz CT molecular complexity index is 1270. The lowest BCUT2D eigenvalue weighted by Gasteiger charge is -2.28. The van der Waals surface area contributed by atoms with Gasteiger partial charge in [0.05, 0.1) is 17.1 Å². The van der Waals surface area contributed by atoms with Crippen LogP contribution >= 0.6 is 11.6 Å². The Kier molecular flexibility index (Phi) is 6.13. The predicted octanol–water partition coefficient (Wildman–Crippen LogP) is 5.93. The Morgan fingerprint density at radius 1 is 0.941 bits per heavy atom. The summed E-state index contributed by atoms with van der Waals surface area (Å²) in [7, 11) is 0. The fourth-order valence-electron chi connectivity index (χ4n) is 3.93. The van der Waals surface area contributed by atoms with Gasteiger partial charge in [0.1, 0.15) is 0 Å². The second-order valence-electron chi connectivity index (χ2n) is 9.14. The Morgan fingerprint density at radius 3 is 2.41 bits per heavy atom. The third-order valence-corrected chi connectivity index (χ3v) is 5.82. The number of rotatable bonds is 6. The molecule has 2 aromatic carbocycles. The fourth-order valence-corrected chi connectivity index (χ4v) is 4.10. The van der Waals surface area contributed by atoms with Crippen molar-refractivity contribution < 1.29 is 0 Å². The molecule has 2 heterocycles. The summed E-state index contributed by atoms with van der Waals surface area (Å²) in [5.41, 5.74) is 3.52. The number of aromatic nitrogens is 5. The fraction of sp³-hybridized carbons (Fsp3) is 0.192. The minimum absolute atomic E-state index is 0.183. The molecular weight excluding hydrogens is 446 g/mol. The van der Waals surface area contributed by atoms with Crippen molar-refractivity contribution in [1.82, 2.24) is 25.2 Å². The Morgan fingerprint density at radius 2 is 1.68 bits per heavy atom. The first-order chi connectivity index (χ1) is 16.4. The van der Waals surface area contributed by atoms with Crippen LogP contribution in [0.5, 0.6) is 0 Å². The number of benzene rings is 2. The van der Waals surface area contributed by atoms with E-state index in [0.29, 0.717) is 5.02 Å². The minimum Gasteiger partial charge on any atom is -0.375 e. The van der Waals surface area contributed by atoms with Crippen molar-refractivity contribution >= 4 is 39.6 Å². The molecule has 5 radical (unpaired) electrons. The van der Waals surface area contributed by atoms with Crippen molar-refractivity contribution in [3.05, 3.63) is 97.2 Å². The molecule has 7 nitrogen and oxygen atoms in total. The van der Waals surface area contributed by atoms with E-state index in [4.69, 9.17) is 11.6 Å². The molecule has 8 heteroatoms. The molecule has 1 saturated carbocycles. The highest BCUT2D eigenvalue weighted by Crippen LogP contribution is 2.38. The van der Waals surface area contributed by atoms with Crippen LogP contribution in [0.25, 0.3) is 10.9 Å². The summed E-state index contributed by atoms with van der Waals surface area (Å²) in [5, 5.41) is 21.3. The van der Waals surface area contributed by atoms with Crippen LogP contribution in [-0.2, 0) is 5.54 Å². The molecule has 0 saturated heterocycles. The molecule has 1 aliphatic rings. The highest BCUT2D eigenvalue weighted by Gasteiger charge is 2.34. The zero-order valence-electron chi connectivity index (χ0n) is 19.2. The minimum atomic E-state index is -0.239. The number of pyridine rings is 1. The van der Waals surface area contributed by atoms with Gasteiger partial charge in [-0.05, 0) is 105 Å². The van der Waals surface area contributed by atoms with Crippen LogP contribution in [0, 0.1) is 31.6 Å². The highest BCUT2D eigenvalue weighted by molar-refractivity contribution is 6.31. The number of anilines is 3. The molecule has 5 rings (SSSR count). The monoisotopic (exact) mass is 470 g/mol. The van der Waals surface area contributed by atoms with E-state index in [1.54, 1.807) is 6.20 Å². The van der Waals surface area contributed by atoms with Gasteiger partial charge in [0.2, 0.25) is 0 Å². The average molecular weight is 471 g/mol. The largest absolute Gasteiger partial charge is 0.375 e. The zero-order valence-corrected chi connectivity index (χ0v) is 20.0. The number of halogens is 1. The van der Waals surface area contributed by atoms with E-state index < -0.39 is 0 Å². The molecule has 0 bridgehead atoms. The van der Waals surface area contributed by atoms with Gasteiger partial charge in [0.25, 0.3) is 0 Å². The van der Waals surface area contributed by atoms with Crippen molar-refractivity contribution in [3.8, 4) is 0 Å². The number of hydrogen-bond donors (Lipinski definition) is 2. The van der Waals surface area contributed by atoms with Crippen molar-refractivity contribution in [2.24, 2.45) is 0 Å². The van der Waals surface area contributed by atoms with E-state index in [1.165, 1.54) is 0 Å². The molecular formula is C26H25ClN7. The summed E-state index contributed by atoms with van der Waals surface area (Å²) in [6.45, 7) is 6.27. The molecule has 171 valence electrons. The smallest absolute Gasteiger partial charge is 0.174 e. The molecule has 2 aromatic heterocycles. The van der Waals surface area contributed by atoms with Crippen LogP contribution in [0.4, 0.5) is 17.1 Å². The summed E-state index contributed by atoms with van der Waals surface area (Å²) in [4.78, 5) is 4.41. The van der Waals surface area contributed by atoms with Crippen LogP contribution in [0.1, 0.15) is 32.6 Å². The summed E-state index contributed by atoms with van der Waals surface area (Å²) in [5.74, 6) is 1.87. The summed E-state index contributed by atoms with van der Waals surface area (Å²) >= 11 is 6.12. The SMILES string of the molecule is CC(C)(C)n1nnnc1C(Nc1ccc(Nc2ccnc3cc(Cl)ccc23)cc1)[C]1[CH][CH][CH][CH]1. The first kappa shape index (κ1) is 22.6. The van der Waals surface area contributed by atoms with E-state index in [0.717, 1.165) is 39.7 Å². The van der Waals surface area contributed by atoms with E-state index in [2.05, 4.69) is 64.8 Å². The van der Waals surface area contributed by atoms with Crippen molar-refractivity contribution in [1.29, 1.82) is 0 Å². The molecule has 0 aliphatic heterocycles. The Labute approximate surface area is 204 Å². The van der Waals surface area contributed by atoms with Gasteiger partial charge in [-0.1, -0.05) is 11.6 Å². The lowest BCUT2D eigenvalue weighted by atomic mass is 9.96. The van der Waals surface area contributed by atoms with Crippen molar-refractivity contribution in [3.63, 3.8) is 0 Å². The van der Waals surface area contributed by atoms with Crippen LogP contribution < -0.4 is 10.6 Å². The van der Waals surface area contributed by atoms with Crippen LogP contribution in [0.3, 0.4) is 0 Å². The number of nitrogens with zero attached hydrogens (tertiary/aromatic N) is 5. The third-order valence-electron chi connectivity index (χ3n) is 5.59. The number of hydrogen-bond acceptors (Lipinski definition) is 6. The topological polar surface area (TPSA) is 80.5 Å². The number of nitrogens with one attached hydrogen (secondary N) is 2. The van der Waals surface area contributed by atoms with Gasteiger partial charge in [-0.3, -0.25) is 4.98 Å². The molecule has 1 aliphatic carbocycles. The lowest BCUT2D eigenvalue weighted by Crippen LogP contribution is -2.30. The third kappa shape index (κ3) is 4.71. The van der Waals surface area contributed by atoms with Gasteiger partial charge in [0, 0.05) is 39.6 Å². The quantitative estimate of drug-likeness (QED) is 0.363. The Balaban J connectivity index is 1.38. The first-order valence-electron chi connectivity index (χ1n) is 11.1. The maximum atomic E-state index is 6.12. The van der Waals surface area contributed by atoms with E-state index in [1.807, 2.05) is 66.1 Å². The second kappa shape index (κ2) is 9.22. The lowest BCUT2D eigenvalue weighted by molar-refractivity contribution is 0.331. The molecule has 0 amide bonds. The number of fused-ring (bicyclic) bond motifs is 1. The Hall–Kier alpha value is -3.19. The molecule has 2 N–H and O–H groups in total. The van der Waals surface area contributed by atoms with Gasteiger partial charge < -0.3 is 10.6 Å². The van der Waals surface area contributed by atoms with Crippen molar-refractivity contribution in [2.45, 2.75) is 32.4 Å². The first-order valence-corrected chi connectivity index (χ1v) is 11.4. The molecule has 4 aromatic rings. The van der Waals surface area contributed by atoms with E-state index in [9.17, 15) is 0 Å². The van der Waals surface area contributed by atoms with Crippen LogP contribution in [-0.4, -0.2) is 25.2 Å². The van der Waals surface area contributed by atoms with Crippen molar-refractivity contribution in [2.75, 3.05) is 10.6 Å². The maximum Gasteiger partial charge on any atom is 0.174 e. The maximum absolute atomic E-state index is 6.12. The average Bonchev–Trinajstić information content (AvgIpc) is 3.51. The molecule has 1 atom stereocenters. The zero-order chi connectivity index (χ0) is 23.7. The molecule has 0 spiro atoms. The van der Waals surface area contributed by atoms with Crippen LogP contribution in [0.2, 0.25) is 5.02 Å². The summed E-state index contributed by atoms with van der Waals surface area (Å²) in [6, 6.07) is 15.7. The van der Waals surface area contributed by atoms with Gasteiger partial charge in [-0.2, -0.15) is 0 Å². The highest BCUT2D eigenvalue weighted by atomic mass is 35.5. The molecule has 34 heavy (non-hydrogen) atoms. The predicted molar refractivity (Wildman–Crippen MR) is 136 cm³/mol. The standard InChI is InChI=1S/C26H25ClN7/c1-26(2,3)34-25(31-32-33-34)24(17-6-4-5-7-17)30-20-11-9-19(10-12-20)29-22-14-15-28-23-16-18(27)8-13-21(22)23/h4-16,24,30H,1-3H3,(H,28,29). The molecule has 1 unspecified atom stereocenters. The van der Waals surface area contributed by atoms with Gasteiger partial charge in [-0.25, -0.2) is 4.68 Å². The van der Waals surface area contributed by atoms with Crippen LogP contribution in [0.15, 0.2) is 54.7 Å². The van der Waals surface area contributed by atoms with Gasteiger partial charge in [0.15, 0.2) is 5.82 Å². The second-order valence-corrected chi connectivity index (χ2v) is 9.57.